The molecule has 0 aromatic rings. The van der Waals surface area contributed by atoms with Crippen LogP contribution in [0.5, 0.6) is 0 Å². The Kier molecular flexibility index (Phi) is 5.37. The fourth-order valence-corrected chi connectivity index (χ4v) is 3.89. The molecule has 0 saturated carbocycles. The van der Waals surface area contributed by atoms with Crippen LogP contribution in [-0.2, 0) is 23.9 Å². The van der Waals surface area contributed by atoms with Gasteiger partial charge in [0.1, 0.15) is 23.2 Å². The number of hydrogen-bond acceptors (Lipinski definition) is 5. The molecule has 0 spiro atoms. The molecule has 5 nitrogen and oxygen atoms in total. The smallest absolute Gasteiger partial charge is 0.180 e. The van der Waals surface area contributed by atoms with E-state index >= 15 is 0 Å². The number of rotatable bonds is 5. The van der Waals surface area contributed by atoms with E-state index in [1.165, 1.54) is 19.3 Å². The van der Waals surface area contributed by atoms with Crippen LogP contribution in [0.2, 0.25) is 0 Å². The molecule has 0 unspecified atom stereocenters. The minimum atomic E-state index is -1.40. The van der Waals surface area contributed by atoms with E-state index in [-0.39, 0.29) is 41.2 Å². The molecular weight excluding hydrogens is 356 g/mol. The van der Waals surface area contributed by atoms with Gasteiger partial charge in [0.2, 0.25) is 0 Å². The number of carbonyl (C=O) groups is 4. The van der Waals surface area contributed by atoms with Gasteiger partial charge < -0.3 is 4.74 Å². The Bertz CT molecular complexity index is 869. The van der Waals surface area contributed by atoms with Gasteiger partial charge in [-0.1, -0.05) is 26.8 Å². The van der Waals surface area contributed by atoms with Crippen molar-refractivity contribution in [2.75, 3.05) is 0 Å². The van der Waals surface area contributed by atoms with E-state index in [0.717, 1.165) is 6.42 Å². The second kappa shape index (κ2) is 7.46. The Morgan fingerprint density at radius 2 is 2.00 bits per heavy atom. The standard InChI is InChI=1S/C23H26O5/c1-5-13(2)18(25)11-23(4)20(26)10-15-9-19(28-12-16(15)22(23)27)21-14(3)7-6-8-17(21)24/h6,8-10,12-14,21H,5,7,11H2,1-4H3/t13-,14-,21+,23+/m0/s1. The Morgan fingerprint density at radius 1 is 1.29 bits per heavy atom. The molecule has 3 rings (SSSR count). The highest BCUT2D eigenvalue weighted by Gasteiger charge is 2.48. The van der Waals surface area contributed by atoms with E-state index in [1.807, 2.05) is 19.9 Å². The predicted octanol–water partition coefficient (Wildman–Crippen LogP) is 3.66. The first kappa shape index (κ1) is 20.2. The maximum Gasteiger partial charge on any atom is 0.180 e. The Balaban J connectivity index is 1.91. The number of fused-ring (bicyclic) bond motifs is 1. The van der Waals surface area contributed by atoms with Gasteiger partial charge in [0.25, 0.3) is 0 Å². The molecule has 5 heteroatoms. The van der Waals surface area contributed by atoms with E-state index < -0.39 is 17.1 Å². The zero-order valence-corrected chi connectivity index (χ0v) is 16.8. The molecule has 4 atom stereocenters. The predicted molar refractivity (Wildman–Crippen MR) is 104 cm³/mol. The van der Waals surface area contributed by atoms with E-state index in [2.05, 4.69) is 0 Å². The van der Waals surface area contributed by atoms with Crippen molar-refractivity contribution in [2.45, 2.75) is 47.0 Å². The van der Waals surface area contributed by atoms with Gasteiger partial charge in [0.15, 0.2) is 17.3 Å². The highest BCUT2D eigenvalue weighted by molar-refractivity contribution is 6.24. The zero-order chi connectivity index (χ0) is 20.6. The van der Waals surface area contributed by atoms with Gasteiger partial charge in [0.05, 0.1) is 11.5 Å². The van der Waals surface area contributed by atoms with Crippen molar-refractivity contribution < 1.29 is 23.9 Å². The van der Waals surface area contributed by atoms with Crippen molar-refractivity contribution in [2.24, 2.45) is 23.2 Å². The molecule has 2 aliphatic carbocycles. The molecule has 148 valence electrons. The Hall–Kier alpha value is -2.56. The second-order valence-electron chi connectivity index (χ2n) is 8.27. The summed E-state index contributed by atoms with van der Waals surface area (Å²) in [5, 5.41) is 0. The van der Waals surface area contributed by atoms with E-state index in [4.69, 9.17) is 4.74 Å². The van der Waals surface area contributed by atoms with Gasteiger partial charge >= 0.3 is 0 Å². The zero-order valence-electron chi connectivity index (χ0n) is 16.8. The number of allylic oxidation sites excluding steroid dienone is 7. The summed E-state index contributed by atoms with van der Waals surface area (Å²) in [4.78, 5) is 50.6. The molecule has 0 aromatic heterocycles. The van der Waals surface area contributed by atoms with Gasteiger partial charge in [-0.2, -0.15) is 0 Å². The van der Waals surface area contributed by atoms with Crippen LogP contribution in [0.3, 0.4) is 0 Å². The fourth-order valence-electron chi connectivity index (χ4n) is 3.89. The van der Waals surface area contributed by atoms with E-state index in [9.17, 15) is 19.2 Å². The molecule has 0 aromatic carbocycles. The molecule has 0 bridgehead atoms. The second-order valence-corrected chi connectivity index (χ2v) is 8.27. The summed E-state index contributed by atoms with van der Waals surface area (Å²) in [7, 11) is 0. The number of ether oxygens (including phenoxy) is 1. The third kappa shape index (κ3) is 3.34. The summed E-state index contributed by atoms with van der Waals surface area (Å²) in [6, 6.07) is 0. The molecule has 1 heterocycles. The van der Waals surface area contributed by atoms with Crippen LogP contribution in [0.1, 0.15) is 47.0 Å². The summed E-state index contributed by atoms with van der Waals surface area (Å²) in [5.41, 5.74) is -0.658. The molecule has 0 amide bonds. The topological polar surface area (TPSA) is 77.5 Å². The number of ketones is 4. The first-order valence-corrected chi connectivity index (χ1v) is 9.81. The average molecular weight is 382 g/mol. The minimum absolute atomic E-state index is 0.0418. The lowest BCUT2D eigenvalue weighted by atomic mass is 9.68. The molecule has 0 fully saturated rings. The normalized spacial score (nSPS) is 30.7. The van der Waals surface area contributed by atoms with Crippen LogP contribution in [0.15, 0.2) is 47.5 Å². The van der Waals surface area contributed by atoms with Gasteiger partial charge in [-0.3, -0.25) is 19.2 Å². The van der Waals surface area contributed by atoms with Crippen molar-refractivity contribution >= 4 is 23.1 Å². The first-order chi connectivity index (χ1) is 13.2. The van der Waals surface area contributed by atoms with Gasteiger partial charge in [0, 0.05) is 12.3 Å². The Labute approximate surface area is 165 Å². The molecular formula is C23H26O5. The van der Waals surface area contributed by atoms with Crippen LogP contribution in [-0.4, -0.2) is 23.1 Å². The lowest BCUT2D eigenvalue weighted by Crippen LogP contribution is -2.43. The van der Waals surface area contributed by atoms with Crippen LogP contribution in [0.25, 0.3) is 0 Å². The molecule has 0 saturated heterocycles. The first-order valence-electron chi connectivity index (χ1n) is 9.81. The van der Waals surface area contributed by atoms with Crippen molar-refractivity contribution in [3.8, 4) is 0 Å². The average Bonchev–Trinajstić information content (AvgIpc) is 2.65. The maximum absolute atomic E-state index is 13.1. The lowest BCUT2D eigenvalue weighted by molar-refractivity contribution is -0.140. The molecule has 0 N–H and O–H groups in total. The Morgan fingerprint density at radius 3 is 2.64 bits per heavy atom. The van der Waals surface area contributed by atoms with Crippen molar-refractivity contribution in [3.63, 3.8) is 0 Å². The van der Waals surface area contributed by atoms with Crippen LogP contribution in [0.4, 0.5) is 0 Å². The third-order valence-corrected chi connectivity index (χ3v) is 6.16. The highest BCUT2D eigenvalue weighted by atomic mass is 16.5. The monoisotopic (exact) mass is 382 g/mol. The number of Topliss-reactive ketones (excluding diaryl/α,β-unsaturated/α-hetero) is 2. The van der Waals surface area contributed by atoms with Crippen LogP contribution in [0, 0.1) is 23.2 Å². The van der Waals surface area contributed by atoms with Crippen LogP contribution < -0.4 is 0 Å². The van der Waals surface area contributed by atoms with Crippen molar-refractivity contribution in [1.82, 2.24) is 0 Å². The fraction of sp³-hybridized carbons (Fsp3) is 0.478. The molecule has 1 aliphatic heterocycles. The minimum Gasteiger partial charge on any atom is -0.468 e. The summed E-state index contributed by atoms with van der Waals surface area (Å²) in [5.74, 6) is -0.992. The molecule has 28 heavy (non-hydrogen) atoms. The van der Waals surface area contributed by atoms with Crippen molar-refractivity contribution in [3.05, 3.63) is 47.5 Å². The highest BCUT2D eigenvalue weighted by Crippen LogP contribution is 2.41. The summed E-state index contributed by atoms with van der Waals surface area (Å²) in [6.45, 7) is 7.21. The summed E-state index contributed by atoms with van der Waals surface area (Å²) >= 11 is 0. The van der Waals surface area contributed by atoms with Gasteiger partial charge in [-0.25, -0.2) is 0 Å². The van der Waals surface area contributed by atoms with Crippen molar-refractivity contribution in [1.29, 1.82) is 0 Å². The number of carbonyl (C=O) groups excluding carboxylic acids is 4. The van der Waals surface area contributed by atoms with Crippen LogP contribution >= 0.6 is 0 Å². The molecule has 0 radical (unpaired) electrons. The van der Waals surface area contributed by atoms with E-state index in [1.54, 1.807) is 19.1 Å². The lowest BCUT2D eigenvalue weighted by Gasteiger charge is -2.33. The third-order valence-electron chi connectivity index (χ3n) is 6.16. The molecule has 3 aliphatic rings. The SMILES string of the molecule is CC[C@H](C)C(=O)C[C@]1(C)C(=O)C=C2C=C([C@H]3C(=O)C=CC[C@@H]3C)OC=C2C1=O. The maximum atomic E-state index is 13.1. The summed E-state index contributed by atoms with van der Waals surface area (Å²) < 4.78 is 5.69. The summed E-state index contributed by atoms with van der Waals surface area (Å²) in [6.07, 6.45) is 9.09. The largest absolute Gasteiger partial charge is 0.468 e. The van der Waals surface area contributed by atoms with Gasteiger partial charge in [-0.05, 0) is 49.5 Å². The number of hydrogen-bond donors (Lipinski definition) is 0. The van der Waals surface area contributed by atoms with E-state index in [0.29, 0.717) is 17.8 Å². The van der Waals surface area contributed by atoms with Gasteiger partial charge in [-0.15, -0.1) is 0 Å². The quantitative estimate of drug-likeness (QED) is 0.678.